The normalized spacial score (nSPS) is 22.2. The van der Waals surface area contributed by atoms with Gasteiger partial charge in [-0.1, -0.05) is 0 Å². The number of furan rings is 1. The average molecular weight is 291 g/mol. The van der Waals surface area contributed by atoms with Crippen molar-refractivity contribution in [2.75, 3.05) is 32.7 Å². The predicted octanol–water partition coefficient (Wildman–Crippen LogP) is 2.35. The lowest BCUT2D eigenvalue weighted by atomic mass is 9.96. The first-order valence-electron chi connectivity index (χ1n) is 8.47. The molecule has 3 heterocycles. The van der Waals surface area contributed by atoms with Gasteiger partial charge in [-0.15, -0.1) is 0 Å². The quantitative estimate of drug-likeness (QED) is 0.904. The van der Waals surface area contributed by atoms with Crippen molar-refractivity contribution in [1.29, 1.82) is 0 Å². The molecule has 0 aromatic carbocycles. The lowest BCUT2D eigenvalue weighted by molar-refractivity contribution is 0.141. The van der Waals surface area contributed by atoms with Gasteiger partial charge in [-0.2, -0.15) is 0 Å². The molecule has 0 saturated carbocycles. The lowest BCUT2D eigenvalue weighted by Crippen LogP contribution is -2.37. The van der Waals surface area contributed by atoms with Crippen LogP contribution in [0.25, 0.3) is 0 Å². The molecule has 0 spiro atoms. The van der Waals surface area contributed by atoms with E-state index < -0.39 is 0 Å². The van der Waals surface area contributed by atoms with Crippen LogP contribution in [-0.2, 0) is 13.1 Å². The van der Waals surface area contributed by atoms with Crippen molar-refractivity contribution in [1.82, 2.24) is 9.80 Å². The molecule has 0 amide bonds. The van der Waals surface area contributed by atoms with Crippen molar-refractivity contribution < 1.29 is 4.42 Å². The Labute approximate surface area is 128 Å². The summed E-state index contributed by atoms with van der Waals surface area (Å²) in [7, 11) is 0. The Kier molecular flexibility index (Phi) is 4.99. The summed E-state index contributed by atoms with van der Waals surface area (Å²) in [5, 5.41) is 0. The molecule has 0 unspecified atom stereocenters. The number of likely N-dealkylation sites (tertiary alicyclic amines) is 2. The van der Waals surface area contributed by atoms with E-state index in [4.69, 9.17) is 10.2 Å². The highest BCUT2D eigenvalue weighted by Gasteiger charge is 2.23. The average Bonchev–Trinajstić information content (AvgIpc) is 3.10. The van der Waals surface area contributed by atoms with Gasteiger partial charge in [0.15, 0.2) is 0 Å². The first-order chi connectivity index (χ1) is 10.2. The first kappa shape index (κ1) is 15.1. The second kappa shape index (κ2) is 6.95. The van der Waals surface area contributed by atoms with Crippen LogP contribution in [0.15, 0.2) is 10.5 Å². The Balaban J connectivity index is 1.44. The predicted molar refractivity (Wildman–Crippen MR) is 85.0 cm³/mol. The van der Waals surface area contributed by atoms with E-state index in [0.29, 0.717) is 6.54 Å². The molecular formula is C17H29N3O. The van der Waals surface area contributed by atoms with Crippen molar-refractivity contribution in [3.63, 3.8) is 0 Å². The van der Waals surface area contributed by atoms with Crippen LogP contribution in [0.2, 0.25) is 0 Å². The third-order valence-corrected chi connectivity index (χ3v) is 5.09. The second-order valence-corrected chi connectivity index (χ2v) is 6.73. The summed E-state index contributed by atoms with van der Waals surface area (Å²) in [5.74, 6) is 2.96. The minimum atomic E-state index is 0.577. The molecule has 2 saturated heterocycles. The zero-order valence-electron chi connectivity index (χ0n) is 13.3. The molecule has 3 rings (SSSR count). The molecule has 0 radical (unpaired) electrons. The summed E-state index contributed by atoms with van der Waals surface area (Å²) in [6, 6.07) is 2.13. The van der Waals surface area contributed by atoms with E-state index in [1.54, 1.807) is 0 Å². The summed E-state index contributed by atoms with van der Waals surface area (Å²) in [6.07, 6.45) is 5.47. The number of nitrogens with zero attached hydrogens (tertiary/aromatic N) is 2. The van der Waals surface area contributed by atoms with Gasteiger partial charge >= 0.3 is 0 Å². The lowest BCUT2D eigenvalue weighted by Gasteiger charge is -2.33. The van der Waals surface area contributed by atoms with Gasteiger partial charge < -0.3 is 15.1 Å². The zero-order valence-corrected chi connectivity index (χ0v) is 13.3. The Morgan fingerprint density at radius 2 is 1.86 bits per heavy atom. The molecule has 0 aliphatic carbocycles. The monoisotopic (exact) mass is 291 g/mol. The van der Waals surface area contributed by atoms with Crippen molar-refractivity contribution in [2.24, 2.45) is 11.7 Å². The van der Waals surface area contributed by atoms with E-state index in [0.717, 1.165) is 29.5 Å². The van der Waals surface area contributed by atoms with Gasteiger partial charge in [0.25, 0.3) is 0 Å². The SMILES string of the molecule is Cc1oc(CN2CCC(CN3CCCC3)CC2)cc1CN. The fourth-order valence-electron chi connectivity index (χ4n) is 3.75. The Hall–Kier alpha value is -0.840. The maximum Gasteiger partial charge on any atom is 0.118 e. The molecule has 2 fully saturated rings. The number of hydrogen-bond donors (Lipinski definition) is 1. The van der Waals surface area contributed by atoms with E-state index in [-0.39, 0.29) is 0 Å². The van der Waals surface area contributed by atoms with Crippen LogP contribution in [0.3, 0.4) is 0 Å². The molecule has 1 aromatic heterocycles. The van der Waals surface area contributed by atoms with Gasteiger partial charge in [0.1, 0.15) is 11.5 Å². The van der Waals surface area contributed by atoms with Crippen LogP contribution >= 0.6 is 0 Å². The van der Waals surface area contributed by atoms with Gasteiger partial charge in [0.2, 0.25) is 0 Å². The molecule has 118 valence electrons. The molecule has 2 aliphatic rings. The van der Waals surface area contributed by atoms with Gasteiger partial charge in [0.05, 0.1) is 6.54 Å². The van der Waals surface area contributed by atoms with Crippen LogP contribution < -0.4 is 5.73 Å². The highest BCUT2D eigenvalue weighted by molar-refractivity contribution is 5.20. The van der Waals surface area contributed by atoms with Crippen LogP contribution in [0.1, 0.15) is 42.8 Å². The van der Waals surface area contributed by atoms with Gasteiger partial charge in [0, 0.05) is 18.7 Å². The number of aryl methyl sites for hydroxylation is 1. The van der Waals surface area contributed by atoms with E-state index >= 15 is 0 Å². The maximum atomic E-state index is 5.81. The van der Waals surface area contributed by atoms with Gasteiger partial charge in [-0.25, -0.2) is 0 Å². The fraction of sp³-hybridized carbons (Fsp3) is 0.765. The molecule has 4 nitrogen and oxygen atoms in total. The van der Waals surface area contributed by atoms with Crippen LogP contribution in [-0.4, -0.2) is 42.5 Å². The smallest absolute Gasteiger partial charge is 0.118 e. The molecule has 21 heavy (non-hydrogen) atoms. The van der Waals surface area contributed by atoms with Gasteiger partial charge in [-0.05, 0) is 70.8 Å². The van der Waals surface area contributed by atoms with E-state index in [9.17, 15) is 0 Å². The molecule has 1 aromatic rings. The second-order valence-electron chi connectivity index (χ2n) is 6.73. The Bertz CT molecular complexity index is 443. The molecule has 2 aliphatic heterocycles. The van der Waals surface area contributed by atoms with Gasteiger partial charge in [-0.3, -0.25) is 4.90 Å². The first-order valence-corrected chi connectivity index (χ1v) is 8.47. The summed E-state index contributed by atoms with van der Waals surface area (Å²) in [6.45, 7) is 9.91. The molecule has 4 heteroatoms. The number of piperidine rings is 1. The van der Waals surface area contributed by atoms with Crippen molar-refractivity contribution >= 4 is 0 Å². The minimum Gasteiger partial charge on any atom is -0.465 e. The summed E-state index contributed by atoms with van der Waals surface area (Å²) in [5.41, 5.74) is 6.86. The largest absolute Gasteiger partial charge is 0.465 e. The van der Waals surface area contributed by atoms with Crippen molar-refractivity contribution in [2.45, 2.75) is 45.7 Å². The summed E-state index contributed by atoms with van der Waals surface area (Å²) < 4.78 is 5.81. The van der Waals surface area contributed by atoms with E-state index in [1.807, 2.05) is 6.92 Å². The number of rotatable bonds is 5. The molecular weight excluding hydrogens is 262 g/mol. The van der Waals surface area contributed by atoms with Crippen molar-refractivity contribution in [3.05, 3.63) is 23.2 Å². The van der Waals surface area contributed by atoms with E-state index in [2.05, 4.69) is 15.9 Å². The summed E-state index contributed by atoms with van der Waals surface area (Å²) in [4.78, 5) is 5.18. The van der Waals surface area contributed by atoms with Crippen LogP contribution in [0, 0.1) is 12.8 Å². The molecule has 0 bridgehead atoms. The highest BCUT2D eigenvalue weighted by atomic mass is 16.3. The molecule has 2 N–H and O–H groups in total. The standard InChI is InChI=1S/C17H29N3O/c1-14-16(11-18)10-17(21-14)13-20-8-4-15(5-9-20)12-19-6-2-3-7-19/h10,15H,2-9,11-13,18H2,1H3. The topological polar surface area (TPSA) is 45.6 Å². The highest BCUT2D eigenvalue weighted by Crippen LogP contribution is 2.23. The fourth-order valence-corrected chi connectivity index (χ4v) is 3.75. The minimum absolute atomic E-state index is 0.577. The molecule has 0 atom stereocenters. The maximum absolute atomic E-state index is 5.81. The van der Waals surface area contributed by atoms with Crippen LogP contribution in [0.4, 0.5) is 0 Å². The Morgan fingerprint density at radius 1 is 1.14 bits per heavy atom. The van der Waals surface area contributed by atoms with E-state index in [1.165, 1.54) is 58.4 Å². The third kappa shape index (κ3) is 3.87. The Morgan fingerprint density at radius 3 is 2.48 bits per heavy atom. The van der Waals surface area contributed by atoms with Crippen LogP contribution in [0.5, 0.6) is 0 Å². The third-order valence-electron chi connectivity index (χ3n) is 5.09. The number of hydrogen-bond acceptors (Lipinski definition) is 4. The zero-order chi connectivity index (χ0) is 14.7. The van der Waals surface area contributed by atoms with Crippen molar-refractivity contribution in [3.8, 4) is 0 Å². The number of nitrogens with two attached hydrogens (primary N) is 1. The summed E-state index contributed by atoms with van der Waals surface area (Å²) >= 11 is 0.